The Morgan fingerprint density at radius 1 is 1.21 bits per heavy atom. The summed E-state index contributed by atoms with van der Waals surface area (Å²) in [4.78, 5) is 9.53. The lowest BCUT2D eigenvalue weighted by Gasteiger charge is -2.59. The molecule has 5 rings (SSSR count). The summed E-state index contributed by atoms with van der Waals surface area (Å²) in [7, 11) is 0. The van der Waals surface area contributed by atoms with Crippen molar-refractivity contribution < 1.29 is 4.74 Å². The predicted octanol–water partition coefficient (Wildman–Crippen LogP) is 0.725. The molecule has 2 atom stereocenters. The van der Waals surface area contributed by atoms with Crippen LogP contribution in [-0.4, -0.2) is 54.3 Å². The molecule has 19 heavy (non-hydrogen) atoms. The monoisotopic (exact) mass is 255 g/mol. The van der Waals surface area contributed by atoms with Crippen LogP contribution in [0.2, 0.25) is 0 Å². The maximum Gasteiger partial charge on any atom is 0.129 e. The van der Waals surface area contributed by atoms with E-state index in [2.05, 4.69) is 26.8 Å². The lowest BCUT2D eigenvalue weighted by atomic mass is 9.86. The summed E-state index contributed by atoms with van der Waals surface area (Å²) >= 11 is 0. The highest BCUT2D eigenvalue weighted by atomic mass is 16.5. The van der Waals surface area contributed by atoms with Crippen LogP contribution in [0.25, 0.3) is 0 Å². The minimum absolute atomic E-state index is 0.614. The molecular weight excluding hydrogens is 238 g/mol. The molecule has 0 spiro atoms. The fourth-order valence-electron chi connectivity index (χ4n) is 3.37. The van der Waals surface area contributed by atoms with Gasteiger partial charge in [-0.05, 0) is 18.6 Å². The molecular formula is C15H17N3O. The van der Waals surface area contributed by atoms with E-state index in [-0.39, 0.29) is 0 Å². The van der Waals surface area contributed by atoms with Gasteiger partial charge in [-0.2, -0.15) is 0 Å². The van der Waals surface area contributed by atoms with Gasteiger partial charge in [0.05, 0.1) is 19.3 Å². The number of hydrogen-bond donors (Lipinski definition) is 0. The van der Waals surface area contributed by atoms with Gasteiger partial charge in [-0.25, -0.2) is 4.98 Å². The SMILES string of the molecule is C#Cc1ccc(N2C3CC2CN(C2COC2)C3)nc1. The van der Waals surface area contributed by atoms with Gasteiger partial charge >= 0.3 is 0 Å². The van der Waals surface area contributed by atoms with E-state index in [0.717, 1.165) is 37.7 Å². The number of pyridine rings is 1. The molecule has 0 aliphatic carbocycles. The molecule has 0 saturated carbocycles. The summed E-state index contributed by atoms with van der Waals surface area (Å²) < 4.78 is 5.29. The summed E-state index contributed by atoms with van der Waals surface area (Å²) in [5.74, 6) is 3.69. The first kappa shape index (κ1) is 11.3. The fourth-order valence-corrected chi connectivity index (χ4v) is 3.37. The van der Waals surface area contributed by atoms with Gasteiger partial charge in [0.1, 0.15) is 5.82 Å². The molecule has 4 fully saturated rings. The predicted molar refractivity (Wildman–Crippen MR) is 73.0 cm³/mol. The molecule has 0 N–H and O–H groups in total. The van der Waals surface area contributed by atoms with Crippen LogP contribution in [0.1, 0.15) is 12.0 Å². The average Bonchev–Trinajstić information content (AvgIpc) is 2.37. The van der Waals surface area contributed by atoms with Gasteiger partial charge in [0, 0.05) is 36.9 Å². The minimum atomic E-state index is 0.614. The Bertz CT molecular complexity index is 505. The zero-order chi connectivity index (χ0) is 12.8. The van der Waals surface area contributed by atoms with E-state index in [1.807, 2.05) is 6.07 Å². The third-order valence-electron chi connectivity index (χ3n) is 4.54. The Hall–Kier alpha value is -1.57. The number of nitrogens with zero attached hydrogens (tertiary/aromatic N) is 3. The Kier molecular flexibility index (Phi) is 2.51. The van der Waals surface area contributed by atoms with E-state index >= 15 is 0 Å². The first-order chi connectivity index (χ1) is 9.35. The van der Waals surface area contributed by atoms with Gasteiger partial charge in [-0.1, -0.05) is 5.92 Å². The number of hydrogen-bond acceptors (Lipinski definition) is 4. The van der Waals surface area contributed by atoms with E-state index in [4.69, 9.17) is 11.2 Å². The second-order valence-electron chi connectivity index (χ2n) is 5.65. The largest absolute Gasteiger partial charge is 0.378 e. The van der Waals surface area contributed by atoms with Crippen LogP contribution >= 0.6 is 0 Å². The molecule has 1 aromatic rings. The van der Waals surface area contributed by atoms with Gasteiger partial charge in [0.2, 0.25) is 0 Å². The van der Waals surface area contributed by atoms with Crippen LogP contribution in [0.3, 0.4) is 0 Å². The maximum atomic E-state index is 5.37. The molecule has 4 aliphatic heterocycles. The second-order valence-corrected chi connectivity index (χ2v) is 5.65. The molecule has 2 bridgehead atoms. The highest BCUT2D eigenvalue weighted by molar-refractivity contribution is 5.48. The van der Waals surface area contributed by atoms with Crippen molar-refractivity contribution in [3.63, 3.8) is 0 Å². The summed E-state index contributed by atoms with van der Waals surface area (Å²) in [6, 6.07) is 5.92. The highest BCUT2D eigenvalue weighted by Crippen LogP contribution is 2.37. The van der Waals surface area contributed by atoms with Crippen molar-refractivity contribution in [1.82, 2.24) is 9.88 Å². The van der Waals surface area contributed by atoms with E-state index in [9.17, 15) is 0 Å². The van der Waals surface area contributed by atoms with Crippen molar-refractivity contribution >= 4 is 5.82 Å². The van der Waals surface area contributed by atoms with Crippen molar-refractivity contribution in [2.24, 2.45) is 0 Å². The number of anilines is 1. The van der Waals surface area contributed by atoms with Gasteiger partial charge in [0.15, 0.2) is 0 Å². The molecule has 2 unspecified atom stereocenters. The Morgan fingerprint density at radius 3 is 2.53 bits per heavy atom. The number of piperidine rings is 1. The minimum Gasteiger partial charge on any atom is -0.378 e. The third kappa shape index (κ3) is 1.73. The van der Waals surface area contributed by atoms with Crippen molar-refractivity contribution in [3.05, 3.63) is 23.9 Å². The zero-order valence-electron chi connectivity index (χ0n) is 10.8. The smallest absolute Gasteiger partial charge is 0.129 e. The Labute approximate surface area is 113 Å². The van der Waals surface area contributed by atoms with Gasteiger partial charge in [-0.3, -0.25) is 4.90 Å². The first-order valence-corrected chi connectivity index (χ1v) is 6.88. The fraction of sp³-hybridized carbons (Fsp3) is 0.533. The molecule has 1 aromatic heterocycles. The number of ether oxygens (including phenoxy) is 1. The molecule has 5 heterocycles. The topological polar surface area (TPSA) is 28.6 Å². The van der Waals surface area contributed by atoms with Crippen molar-refractivity contribution in [1.29, 1.82) is 0 Å². The Balaban J connectivity index is 1.48. The number of fused-ring (bicyclic) bond motifs is 2. The van der Waals surface area contributed by atoms with E-state index in [0.29, 0.717) is 18.1 Å². The van der Waals surface area contributed by atoms with Crippen LogP contribution in [0.5, 0.6) is 0 Å². The van der Waals surface area contributed by atoms with Gasteiger partial charge < -0.3 is 9.64 Å². The van der Waals surface area contributed by atoms with Crippen LogP contribution in [0, 0.1) is 12.3 Å². The van der Waals surface area contributed by atoms with Crippen molar-refractivity contribution in [3.8, 4) is 12.3 Å². The molecule has 4 heteroatoms. The molecule has 0 aromatic carbocycles. The summed E-state index contributed by atoms with van der Waals surface area (Å²) in [6.45, 7) is 4.11. The lowest BCUT2D eigenvalue weighted by Crippen LogP contribution is -2.72. The van der Waals surface area contributed by atoms with E-state index in [1.165, 1.54) is 6.42 Å². The summed E-state index contributed by atoms with van der Waals surface area (Å²) in [6.07, 6.45) is 8.45. The third-order valence-corrected chi connectivity index (χ3v) is 4.54. The molecule has 0 radical (unpaired) electrons. The van der Waals surface area contributed by atoms with Crippen LogP contribution in [0.4, 0.5) is 5.82 Å². The van der Waals surface area contributed by atoms with Crippen LogP contribution in [0.15, 0.2) is 18.3 Å². The maximum absolute atomic E-state index is 5.37. The first-order valence-electron chi connectivity index (χ1n) is 6.88. The normalized spacial score (nSPS) is 30.4. The molecule has 4 saturated heterocycles. The van der Waals surface area contributed by atoms with Crippen molar-refractivity contribution in [2.75, 3.05) is 31.2 Å². The molecule has 4 aliphatic rings. The number of terminal acetylenes is 1. The molecule has 0 amide bonds. The quantitative estimate of drug-likeness (QED) is 0.728. The zero-order valence-corrected chi connectivity index (χ0v) is 10.8. The standard InChI is InChI=1S/C15H17N3O/c1-2-11-3-4-15(16-6-11)18-12-5-13(18)8-17(7-12)14-9-19-10-14/h1,3-4,6,12-14H,5,7-10H2. The van der Waals surface area contributed by atoms with E-state index < -0.39 is 0 Å². The van der Waals surface area contributed by atoms with E-state index in [1.54, 1.807) is 6.20 Å². The average molecular weight is 255 g/mol. The summed E-state index contributed by atoms with van der Waals surface area (Å²) in [5, 5.41) is 0. The van der Waals surface area contributed by atoms with Crippen molar-refractivity contribution in [2.45, 2.75) is 24.5 Å². The van der Waals surface area contributed by atoms with Crippen LogP contribution < -0.4 is 4.90 Å². The van der Waals surface area contributed by atoms with Crippen LogP contribution in [-0.2, 0) is 4.74 Å². The van der Waals surface area contributed by atoms with Gasteiger partial charge in [-0.15, -0.1) is 6.42 Å². The number of piperazine rings is 1. The number of rotatable bonds is 2. The Morgan fingerprint density at radius 2 is 2.00 bits per heavy atom. The second kappa shape index (κ2) is 4.22. The molecule has 98 valence electrons. The highest BCUT2D eigenvalue weighted by Gasteiger charge is 2.47. The van der Waals surface area contributed by atoms with Gasteiger partial charge in [0.25, 0.3) is 0 Å². The lowest BCUT2D eigenvalue weighted by molar-refractivity contribution is -0.0847. The summed E-state index contributed by atoms with van der Waals surface area (Å²) in [5.41, 5.74) is 0.850. The molecule has 4 nitrogen and oxygen atoms in total. The number of aromatic nitrogens is 1.